The Hall–Kier alpha value is -14.8. The second-order valence-electron chi connectivity index (χ2n) is 31.4. The first-order chi connectivity index (χ1) is 66.1. The van der Waals surface area contributed by atoms with Gasteiger partial charge in [-0.3, -0.25) is 89.1 Å². The number of guanidine groups is 2. The van der Waals surface area contributed by atoms with Crippen LogP contribution in [0.4, 0.5) is 33.7 Å². The van der Waals surface area contributed by atoms with Gasteiger partial charge in [0, 0.05) is 171 Å². The Bertz CT molecular complexity index is 5660. The van der Waals surface area contributed by atoms with Crippen LogP contribution in [0.5, 0.6) is 5.75 Å². The molecule has 0 fully saturated rings. The second-order valence-corrected chi connectivity index (χ2v) is 33.1. The van der Waals surface area contributed by atoms with Crippen molar-refractivity contribution in [3.05, 3.63) is 153 Å². The third-order valence-corrected chi connectivity index (χ3v) is 22.1. The molecule has 0 bridgehead atoms. The molecule has 0 radical (unpaired) electrons. The molecule has 7 heterocycles. The van der Waals surface area contributed by atoms with Crippen LogP contribution in [-0.4, -0.2) is 275 Å². The molecule has 48 nitrogen and oxygen atoms in total. The number of rotatable bonds is 56. The largest absolute Gasteiger partial charge is 0.491 e. The molecule has 742 valence electrons. The number of nitrogens with two attached hydrogens (primary N) is 2. The number of fused-ring (bicyclic) bond motifs is 1. The summed E-state index contributed by atoms with van der Waals surface area (Å²) in [5, 5.41) is 71.9. The molecule has 0 saturated carbocycles. The monoisotopic (exact) mass is 1950 g/mol. The minimum Gasteiger partial charge on any atom is -0.491 e. The smallest absolute Gasteiger partial charge is 0.291 e. The molecule has 138 heavy (non-hydrogen) atoms. The lowest BCUT2D eigenvalue weighted by molar-refractivity contribution is -0.132. The van der Waals surface area contributed by atoms with Gasteiger partial charge in [-0.1, -0.05) is 23.7 Å². The van der Waals surface area contributed by atoms with Crippen LogP contribution in [0.1, 0.15) is 139 Å². The number of thiophene rings is 1. The van der Waals surface area contributed by atoms with Gasteiger partial charge in [-0.25, -0.2) is 15.0 Å². The zero-order chi connectivity index (χ0) is 99.9. The third kappa shape index (κ3) is 33.9. The van der Waals surface area contributed by atoms with E-state index in [0.717, 1.165) is 21.6 Å². The van der Waals surface area contributed by atoms with Crippen LogP contribution in [0, 0.1) is 35.5 Å². The summed E-state index contributed by atoms with van der Waals surface area (Å²) in [5.41, 5.74) is 15.6. The topological polar surface area (TPSA) is 655 Å². The highest BCUT2D eigenvalue weighted by atomic mass is 35.5. The number of hydrogen-bond acceptors (Lipinski definition) is 27. The van der Waals surface area contributed by atoms with Gasteiger partial charge in [-0.15, -0.1) is 11.3 Å². The average Bonchev–Trinajstić information content (AvgIpc) is 1.60. The fraction of sp³-hybridized carbons (Fsp3) is 0.432. The molecule has 1 aliphatic heterocycles. The van der Waals surface area contributed by atoms with Crippen molar-refractivity contribution in [1.82, 2.24) is 85.6 Å². The number of imidazole rings is 3. The number of benzene rings is 2. The number of carbonyl (C=O) groups excluding carboxylic acids is 12. The van der Waals surface area contributed by atoms with Crippen molar-refractivity contribution in [2.24, 2.45) is 51.7 Å². The van der Waals surface area contributed by atoms with Crippen molar-refractivity contribution in [2.75, 3.05) is 150 Å². The maximum atomic E-state index is 13.9. The van der Waals surface area contributed by atoms with Crippen molar-refractivity contribution in [3.63, 3.8) is 0 Å². The second kappa shape index (κ2) is 54.1. The fourth-order valence-electron chi connectivity index (χ4n) is 13.7. The minimum atomic E-state index is -1.10. The zero-order valence-electron chi connectivity index (χ0n) is 77.8. The summed E-state index contributed by atoms with van der Waals surface area (Å²) in [6.45, 7) is 7.80. The van der Waals surface area contributed by atoms with E-state index in [2.05, 4.69) is 89.4 Å². The Morgan fingerprint density at radius 2 is 0.971 bits per heavy atom. The van der Waals surface area contributed by atoms with Gasteiger partial charge in [0.2, 0.25) is 53.0 Å². The maximum absolute atomic E-state index is 13.9. The molecule has 22 N–H and O–H groups in total. The highest BCUT2D eigenvalue weighted by Crippen LogP contribution is 2.40. The van der Waals surface area contributed by atoms with Gasteiger partial charge < -0.3 is 137 Å². The summed E-state index contributed by atoms with van der Waals surface area (Å²) in [6.07, 6.45) is 9.22. The van der Waals surface area contributed by atoms with Gasteiger partial charge in [0.15, 0.2) is 29.4 Å². The normalized spacial score (nSPS) is 12.6. The number of nitrogens with one attached hydrogen (secondary N) is 18. The summed E-state index contributed by atoms with van der Waals surface area (Å²) in [5.74, 6) is -5.93. The van der Waals surface area contributed by atoms with Crippen molar-refractivity contribution in [3.8, 4) is 5.75 Å². The van der Waals surface area contributed by atoms with Gasteiger partial charge in [0.25, 0.3) is 29.5 Å². The lowest BCUT2D eigenvalue weighted by Gasteiger charge is -2.24. The summed E-state index contributed by atoms with van der Waals surface area (Å²) in [4.78, 5) is 178. The molecule has 8 aromatic rings. The van der Waals surface area contributed by atoms with E-state index >= 15 is 0 Å². The van der Waals surface area contributed by atoms with Crippen LogP contribution in [0.15, 0.2) is 103 Å². The highest BCUT2D eigenvalue weighted by molar-refractivity contribution is 7.17. The molecule has 6 aromatic heterocycles. The van der Waals surface area contributed by atoms with Crippen LogP contribution >= 0.6 is 22.9 Å². The van der Waals surface area contributed by atoms with Gasteiger partial charge in [0.1, 0.15) is 58.5 Å². The number of ether oxygens (including phenoxy) is 6. The summed E-state index contributed by atoms with van der Waals surface area (Å²) in [7, 11) is 7.97. The first-order valence-electron chi connectivity index (χ1n) is 44.1. The number of amidine groups is 2. The van der Waals surface area contributed by atoms with Gasteiger partial charge >= 0.3 is 0 Å². The van der Waals surface area contributed by atoms with E-state index in [1.54, 1.807) is 100 Å². The zero-order valence-corrected chi connectivity index (χ0v) is 79.4. The average molecular weight is 1950 g/mol. The molecule has 0 saturated heterocycles. The Kier molecular flexibility index (Phi) is 41.9. The van der Waals surface area contributed by atoms with Crippen molar-refractivity contribution in [2.45, 2.75) is 96.7 Å². The Balaban J connectivity index is 0.578. The SMILES string of the molecule is CC(=N)N1C(=N)[C@H](CC(=O)Nc2ccc(OCCOCCOCCNC(=O)[C@H](CCCNC(=N)N)NC(=O)[C@H](CCCNC(=N)N)NC(=O)CCOCCOCCOCCNC(=O)CCNC(=O)c3nc(NC(=O)CCNC(=O)c4cc(NC(=O)c5nc(NC(=O)CCNC(=O)c6cc(NC(=O)c7nccn7C)cn6C)cn5C)cn4C)cn3C)cc2)N=C(c2ccc(Cl)cc2)c2c1sc(C)c2C. The van der Waals surface area contributed by atoms with Gasteiger partial charge in [-0.05, 0) is 101 Å². The van der Waals surface area contributed by atoms with E-state index in [0.29, 0.717) is 45.7 Å². The van der Waals surface area contributed by atoms with Crippen molar-refractivity contribution in [1.29, 1.82) is 21.6 Å². The Morgan fingerprint density at radius 1 is 0.478 bits per heavy atom. The van der Waals surface area contributed by atoms with Gasteiger partial charge in [0.05, 0.1) is 89.6 Å². The van der Waals surface area contributed by atoms with Crippen LogP contribution < -0.4 is 95.5 Å². The minimum absolute atomic E-state index is 0.00933. The molecule has 2 aromatic carbocycles. The van der Waals surface area contributed by atoms with Crippen molar-refractivity contribution < 1.29 is 86.0 Å². The van der Waals surface area contributed by atoms with Crippen LogP contribution in [0.2, 0.25) is 5.02 Å². The quantitative estimate of drug-likeness (QED) is 0.0148. The number of nitrogens with zero attached hydrogens (tertiary/aromatic N) is 10. The predicted octanol–water partition coefficient (Wildman–Crippen LogP) is 2.35. The lowest BCUT2D eigenvalue weighted by Crippen LogP contribution is -2.54. The van der Waals surface area contributed by atoms with E-state index in [4.69, 9.17) is 72.7 Å². The molecule has 1 aliphatic rings. The van der Waals surface area contributed by atoms with E-state index in [9.17, 15) is 62.9 Å². The number of aryl methyl sites for hydroxylation is 6. The standard InChI is InChI=1S/C88H119ClN30O18S/c1-52-53(2)138-86-73(52)74(55-13-15-56(89)16-14-55)108-63(75(91)119(86)54(3)90)47-72(124)104-57-17-19-60(20-18-57)137-44-43-136-42-39-134-36-32-101-79(125)61(11-9-25-102-87(92)93)109-80(126)62(12-10-26-103-88(94)95)107-71(123)24-34-132-37-40-135-41-38-133-35-31-96-68(120)21-27-100-83(129)77-112-66(50-117(77)7)110-69(121)22-28-99-82(128)65-46-59(49-116(65)6)106-85(131)78-113-67(51-118(78)8)111-70(122)23-29-98-81(127)64-45-58(48-115(64)5)105-84(130)76-97-30-33-114(76)4/h13-20,30,33,45-46,48-51,61-63,90-91H,9-12,21-29,31-32,34-44,47H2,1-8H3,(H,96,120)(H,98,127)(H,99,128)(H,100,129)(H,101,125)(H,104,124)(H,105,130)(H,106,131)(H,107,123)(H,109,126)(H,110,121)(H,111,122)(H4,92,93,102)(H4,94,95,103)/t61-,62-,63-/m0/s1. The summed E-state index contributed by atoms with van der Waals surface area (Å²) >= 11 is 7.71. The van der Waals surface area contributed by atoms with Crippen LogP contribution in [-0.2, 0) is 92.5 Å². The predicted molar refractivity (Wildman–Crippen MR) is 515 cm³/mol. The highest BCUT2D eigenvalue weighted by Gasteiger charge is 2.36. The first kappa shape index (κ1) is 107. The van der Waals surface area contributed by atoms with Crippen molar-refractivity contribution >= 4 is 157 Å². The molecule has 0 unspecified atom stereocenters. The number of amides is 12. The molecular formula is C88H119ClN30O18S. The number of anilines is 6. The molecule has 3 atom stereocenters. The lowest BCUT2D eigenvalue weighted by atomic mass is 9.99. The summed E-state index contributed by atoms with van der Waals surface area (Å²) < 4.78 is 41.3. The number of hydrogen-bond donors (Lipinski definition) is 20. The van der Waals surface area contributed by atoms with E-state index in [1.165, 1.54) is 66.5 Å². The van der Waals surface area contributed by atoms with E-state index in [1.807, 2.05) is 26.0 Å². The van der Waals surface area contributed by atoms with Crippen LogP contribution in [0.3, 0.4) is 0 Å². The molecule has 12 amide bonds. The number of aliphatic imine (C=N–C) groups is 1. The van der Waals surface area contributed by atoms with E-state index in [-0.39, 0.29) is 245 Å². The number of carbonyl (C=O) groups is 12. The molecule has 0 spiro atoms. The van der Waals surface area contributed by atoms with Crippen LogP contribution in [0.25, 0.3) is 0 Å². The molecule has 9 rings (SSSR count). The Morgan fingerprint density at radius 3 is 1.50 bits per heavy atom. The molecule has 0 aliphatic carbocycles. The molecule has 50 heteroatoms. The third-order valence-electron chi connectivity index (χ3n) is 20.7. The maximum Gasteiger partial charge on any atom is 0.291 e. The number of halogens is 1. The summed E-state index contributed by atoms with van der Waals surface area (Å²) in [6, 6.07) is 13.9. The molecular weight excluding hydrogens is 1830 g/mol. The first-order valence-corrected chi connectivity index (χ1v) is 45.3. The van der Waals surface area contributed by atoms with E-state index < -0.39 is 77.2 Å². The van der Waals surface area contributed by atoms with Gasteiger partial charge in [-0.2, -0.15) is 0 Å². The Labute approximate surface area is 803 Å². The fourth-order valence-corrected chi connectivity index (χ4v) is 15.1. The number of aromatic nitrogens is 8.